The number of benzene rings is 1. The van der Waals surface area contributed by atoms with Crippen LogP contribution in [-0.2, 0) is 0 Å². The van der Waals surface area contributed by atoms with Crippen LogP contribution in [0, 0.1) is 0 Å². The zero-order chi connectivity index (χ0) is 11.1. The molecule has 0 aliphatic heterocycles. The summed E-state index contributed by atoms with van der Waals surface area (Å²) in [6.07, 6.45) is 0. The van der Waals surface area contributed by atoms with Crippen LogP contribution in [0.1, 0.15) is 56.5 Å². The third-order valence-corrected chi connectivity index (χ3v) is 1.98. The standard InChI is InChI=1S/C11H14O.C2H6/c1-8(2)10-4-6-11(7-5-10)9(3)12;1-2/h4-8H,1-3H3;1-2H3. The zero-order valence-corrected chi connectivity index (χ0v) is 9.79. The lowest BCUT2D eigenvalue weighted by molar-refractivity contribution is 0.101. The van der Waals surface area contributed by atoms with E-state index in [4.69, 9.17) is 0 Å². The van der Waals surface area contributed by atoms with Crippen LogP contribution in [0.25, 0.3) is 0 Å². The Morgan fingerprint density at radius 3 is 1.79 bits per heavy atom. The van der Waals surface area contributed by atoms with E-state index in [2.05, 4.69) is 13.8 Å². The average molecular weight is 192 g/mol. The molecule has 1 aromatic rings. The Bertz CT molecular complexity index is 270. The first-order chi connectivity index (χ1) is 6.61. The summed E-state index contributed by atoms with van der Waals surface area (Å²) in [7, 11) is 0. The second-order valence-corrected chi connectivity index (χ2v) is 3.33. The normalized spacial score (nSPS) is 9.29. The number of carbonyl (C=O) groups is 1. The fourth-order valence-corrected chi connectivity index (χ4v) is 1.10. The Balaban J connectivity index is 0.000000791. The van der Waals surface area contributed by atoms with Gasteiger partial charge in [-0.05, 0) is 18.4 Å². The highest BCUT2D eigenvalue weighted by molar-refractivity contribution is 5.94. The van der Waals surface area contributed by atoms with Gasteiger partial charge in [0, 0.05) is 5.56 Å². The van der Waals surface area contributed by atoms with Gasteiger partial charge < -0.3 is 0 Å². The molecular formula is C13H20O. The molecular weight excluding hydrogens is 172 g/mol. The number of Topliss-reactive ketones (excluding diaryl/α,β-unsaturated/α-hetero) is 1. The smallest absolute Gasteiger partial charge is 0.159 e. The van der Waals surface area contributed by atoms with Gasteiger partial charge in [-0.25, -0.2) is 0 Å². The highest BCUT2D eigenvalue weighted by Gasteiger charge is 2.00. The number of hydrogen-bond acceptors (Lipinski definition) is 1. The first-order valence-corrected chi connectivity index (χ1v) is 5.22. The fourth-order valence-electron chi connectivity index (χ4n) is 1.10. The fraction of sp³-hybridized carbons (Fsp3) is 0.462. The van der Waals surface area contributed by atoms with Crippen molar-refractivity contribution in [2.75, 3.05) is 0 Å². The largest absolute Gasteiger partial charge is 0.295 e. The van der Waals surface area contributed by atoms with Crippen molar-refractivity contribution in [3.8, 4) is 0 Å². The maximum absolute atomic E-state index is 10.9. The van der Waals surface area contributed by atoms with Crippen LogP contribution in [0.15, 0.2) is 24.3 Å². The van der Waals surface area contributed by atoms with Gasteiger partial charge in [-0.2, -0.15) is 0 Å². The van der Waals surface area contributed by atoms with E-state index in [9.17, 15) is 4.79 Å². The van der Waals surface area contributed by atoms with Gasteiger partial charge in [0.1, 0.15) is 0 Å². The second-order valence-electron chi connectivity index (χ2n) is 3.33. The highest BCUT2D eigenvalue weighted by Crippen LogP contribution is 2.14. The van der Waals surface area contributed by atoms with Crippen LogP contribution >= 0.6 is 0 Å². The van der Waals surface area contributed by atoms with Crippen LogP contribution in [-0.4, -0.2) is 5.78 Å². The first kappa shape index (κ1) is 12.9. The van der Waals surface area contributed by atoms with Crippen LogP contribution in [0.4, 0.5) is 0 Å². The lowest BCUT2D eigenvalue weighted by Gasteiger charge is -2.04. The Hall–Kier alpha value is -1.11. The molecule has 1 heteroatoms. The predicted molar refractivity (Wildman–Crippen MR) is 61.9 cm³/mol. The van der Waals surface area contributed by atoms with Crippen LogP contribution in [0.2, 0.25) is 0 Å². The van der Waals surface area contributed by atoms with Crippen molar-refractivity contribution in [3.63, 3.8) is 0 Å². The minimum absolute atomic E-state index is 0.130. The number of ketones is 1. The third kappa shape index (κ3) is 3.73. The number of hydrogen-bond donors (Lipinski definition) is 0. The molecule has 0 spiro atoms. The summed E-state index contributed by atoms with van der Waals surface area (Å²) >= 11 is 0. The van der Waals surface area contributed by atoms with E-state index in [1.54, 1.807) is 6.92 Å². The number of rotatable bonds is 2. The molecule has 0 fully saturated rings. The summed E-state index contributed by atoms with van der Waals surface area (Å²) in [5, 5.41) is 0. The van der Waals surface area contributed by atoms with E-state index in [0.717, 1.165) is 5.56 Å². The van der Waals surface area contributed by atoms with Crippen molar-refractivity contribution >= 4 is 5.78 Å². The summed E-state index contributed by atoms with van der Waals surface area (Å²) < 4.78 is 0. The van der Waals surface area contributed by atoms with Crippen molar-refractivity contribution in [3.05, 3.63) is 35.4 Å². The summed E-state index contributed by atoms with van der Waals surface area (Å²) in [4.78, 5) is 10.9. The van der Waals surface area contributed by atoms with Gasteiger partial charge in [-0.15, -0.1) is 0 Å². The highest BCUT2D eigenvalue weighted by atomic mass is 16.1. The van der Waals surface area contributed by atoms with Crippen molar-refractivity contribution in [1.29, 1.82) is 0 Å². The first-order valence-electron chi connectivity index (χ1n) is 5.22. The molecule has 0 heterocycles. The van der Waals surface area contributed by atoms with Crippen molar-refractivity contribution < 1.29 is 4.79 Å². The molecule has 0 aliphatic rings. The molecule has 0 saturated carbocycles. The van der Waals surface area contributed by atoms with E-state index in [-0.39, 0.29) is 5.78 Å². The van der Waals surface area contributed by atoms with Gasteiger partial charge in [0.25, 0.3) is 0 Å². The molecule has 0 N–H and O–H groups in total. The summed E-state index contributed by atoms with van der Waals surface area (Å²) in [6, 6.07) is 7.80. The maximum Gasteiger partial charge on any atom is 0.159 e. The number of carbonyl (C=O) groups excluding carboxylic acids is 1. The molecule has 78 valence electrons. The second kappa shape index (κ2) is 6.36. The van der Waals surface area contributed by atoms with Gasteiger partial charge in [-0.1, -0.05) is 52.0 Å². The molecule has 0 aliphatic carbocycles. The molecule has 0 amide bonds. The zero-order valence-electron chi connectivity index (χ0n) is 9.79. The van der Waals surface area contributed by atoms with E-state index >= 15 is 0 Å². The van der Waals surface area contributed by atoms with Crippen molar-refractivity contribution in [2.24, 2.45) is 0 Å². The summed E-state index contributed by atoms with van der Waals surface area (Å²) in [5.41, 5.74) is 2.07. The Morgan fingerprint density at radius 1 is 1.07 bits per heavy atom. The predicted octanol–water partition coefficient (Wildman–Crippen LogP) is 4.04. The molecule has 0 saturated heterocycles. The quantitative estimate of drug-likeness (QED) is 0.646. The Morgan fingerprint density at radius 2 is 1.50 bits per heavy atom. The van der Waals surface area contributed by atoms with Crippen LogP contribution < -0.4 is 0 Å². The van der Waals surface area contributed by atoms with Crippen molar-refractivity contribution in [2.45, 2.75) is 40.5 Å². The molecule has 0 atom stereocenters. The van der Waals surface area contributed by atoms with Crippen LogP contribution in [0.3, 0.4) is 0 Å². The third-order valence-electron chi connectivity index (χ3n) is 1.98. The minimum Gasteiger partial charge on any atom is -0.295 e. The monoisotopic (exact) mass is 192 g/mol. The van der Waals surface area contributed by atoms with E-state index in [0.29, 0.717) is 5.92 Å². The van der Waals surface area contributed by atoms with E-state index in [1.165, 1.54) is 5.56 Å². The Labute approximate surface area is 87.2 Å². The topological polar surface area (TPSA) is 17.1 Å². The molecule has 1 aromatic carbocycles. The lowest BCUT2D eigenvalue weighted by atomic mass is 10.0. The SMILES string of the molecule is CC.CC(=O)c1ccc(C(C)C)cc1. The Kier molecular flexibility index (Phi) is 5.86. The molecule has 1 nitrogen and oxygen atoms in total. The maximum atomic E-state index is 10.9. The van der Waals surface area contributed by atoms with Gasteiger partial charge >= 0.3 is 0 Å². The van der Waals surface area contributed by atoms with E-state index in [1.807, 2.05) is 38.1 Å². The molecule has 0 aromatic heterocycles. The van der Waals surface area contributed by atoms with Crippen molar-refractivity contribution in [1.82, 2.24) is 0 Å². The summed E-state index contributed by atoms with van der Waals surface area (Å²) in [5.74, 6) is 0.663. The minimum atomic E-state index is 0.130. The molecule has 0 unspecified atom stereocenters. The van der Waals surface area contributed by atoms with Gasteiger partial charge in [0.05, 0.1) is 0 Å². The molecule has 14 heavy (non-hydrogen) atoms. The van der Waals surface area contributed by atoms with Gasteiger partial charge in [0.15, 0.2) is 5.78 Å². The van der Waals surface area contributed by atoms with E-state index < -0.39 is 0 Å². The molecule has 1 rings (SSSR count). The molecule has 0 bridgehead atoms. The summed E-state index contributed by atoms with van der Waals surface area (Å²) in [6.45, 7) is 9.87. The molecule has 0 radical (unpaired) electrons. The van der Waals surface area contributed by atoms with Gasteiger partial charge in [0.2, 0.25) is 0 Å². The van der Waals surface area contributed by atoms with Gasteiger partial charge in [-0.3, -0.25) is 4.79 Å². The lowest BCUT2D eigenvalue weighted by Crippen LogP contribution is -1.93. The van der Waals surface area contributed by atoms with Crippen LogP contribution in [0.5, 0.6) is 0 Å². The average Bonchev–Trinajstić information content (AvgIpc) is 2.21.